The Balaban J connectivity index is 2.01. The van der Waals surface area contributed by atoms with E-state index in [1.165, 1.54) is 6.42 Å². The van der Waals surface area contributed by atoms with E-state index < -0.39 is 0 Å². The number of ether oxygens (including phenoxy) is 2. The zero-order chi connectivity index (χ0) is 20.2. The molecule has 28 heavy (non-hydrogen) atoms. The van der Waals surface area contributed by atoms with Gasteiger partial charge in [0, 0.05) is 12.0 Å². The minimum atomic E-state index is -0.289. The van der Waals surface area contributed by atoms with Gasteiger partial charge in [0.25, 0.3) is 0 Å². The summed E-state index contributed by atoms with van der Waals surface area (Å²) in [6.07, 6.45) is 8.16. The molecule has 0 fully saturated rings. The van der Waals surface area contributed by atoms with E-state index in [4.69, 9.17) is 9.47 Å². The third kappa shape index (κ3) is 7.29. The van der Waals surface area contributed by atoms with Crippen molar-refractivity contribution in [2.45, 2.75) is 65.7 Å². The molecule has 0 radical (unpaired) electrons. The molecule has 2 rings (SSSR count). The summed E-state index contributed by atoms with van der Waals surface area (Å²) in [4.78, 5) is 20.8. The van der Waals surface area contributed by atoms with Crippen molar-refractivity contribution in [1.29, 1.82) is 0 Å². The van der Waals surface area contributed by atoms with Gasteiger partial charge in [-0.05, 0) is 18.8 Å². The molecule has 0 saturated carbocycles. The zero-order valence-electron chi connectivity index (χ0n) is 17.3. The lowest BCUT2D eigenvalue weighted by atomic mass is 10.0. The first kappa shape index (κ1) is 21.9. The quantitative estimate of drug-likeness (QED) is 0.340. The molecule has 0 aliphatic carbocycles. The highest BCUT2D eigenvalue weighted by molar-refractivity contribution is 5.72. The maximum atomic E-state index is 12.1. The van der Waals surface area contributed by atoms with E-state index in [1.54, 1.807) is 6.20 Å². The number of rotatable bonds is 12. The van der Waals surface area contributed by atoms with E-state index in [2.05, 4.69) is 30.7 Å². The highest BCUT2D eigenvalue weighted by Gasteiger charge is 2.14. The highest BCUT2D eigenvalue weighted by atomic mass is 16.5. The molecule has 0 saturated heterocycles. The van der Waals surface area contributed by atoms with Crippen LogP contribution in [0.4, 0.5) is 0 Å². The number of nitrogens with zero attached hydrogens (tertiary/aromatic N) is 2. The lowest BCUT2D eigenvalue weighted by Crippen LogP contribution is -2.11. The van der Waals surface area contributed by atoms with Crippen LogP contribution in [0.3, 0.4) is 0 Å². The van der Waals surface area contributed by atoms with Crippen molar-refractivity contribution in [2.75, 3.05) is 6.61 Å². The fraction of sp³-hybridized carbons (Fsp3) is 0.522. The summed E-state index contributed by atoms with van der Waals surface area (Å²) in [5, 5.41) is 0. The summed E-state index contributed by atoms with van der Waals surface area (Å²) in [6.45, 7) is 7.15. The van der Waals surface area contributed by atoms with E-state index >= 15 is 0 Å². The van der Waals surface area contributed by atoms with Gasteiger partial charge in [0.15, 0.2) is 5.75 Å². The average Bonchev–Trinajstić information content (AvgIpc) is 2.72. The Labute approximate surface area is 168 Å². The van der Waals surface area contributed by atoms with Crippen molar-refractivity contribution < 1.29 is 14.3 Å². The second-order valence-corrected chi connectivity index (χ2v) is 7.17. The zero-order valence-corrected chi connectivity index (χ0v) is 17.3. The van der Waals surface area contributed by atoms with Crippen molar-refractivity contribution in [1.82, 2.24) is 9.97 Å². The average molecular weight is 385 g/mol. The van der Waals surface area contributed by atoms with Crippen molar-refractivity contribution >= 4 is 5.97 Å². The SMILES string of the molecule is CCCCOc1cnc(OC(=O)CCCCC(C)CC)nc1-c1ccccc1. The largest absolute Gasteiger partial charge is 0.490 e. The predicted molar refractivity (Wildman–Crippen MR) is 111 cm³/mol. The summed E-state index contributed by atoms with van der Waals surface area (Å²) in [5.41, 5.74) is 1.55. The Bertz CT molecular complexity index is 719. The van der Waals surface area contributed by atoms with Crippen LogP contribution in [-0.4, -0.2) is 22.5 Å². The molecule has 0 N–H and O–H groups in total. The van der Waals surface area contributed by atoms with Gasteiger partial charge in [0.1, 0.15) is 5.69 Å². The molecule has 2 aromatic rings. The number of unbranched alkanes of at least 4 members (excludes halogenated alkanes) is 2. The van der Waals surface area contributed by atoms with E-state index in [9.17, 15) is 4.79 Å². The van der Waals surface area contributed by atoms with Crippen LogP contribution in [0.25, 0.3) is 11.3 Å². The fourth-order valence-electron chi connectivity index (χ4n) is 2.76. The number of benzene rings is 1. The molecule has 5 nitrogen and oxygen atoms in total. The van der Waals surface area contributed by atoms with E-state index in [-0.39, 0.29) is 12.0 Å². The normalized spacial score (nSPS) is 11.8. The van der Waals surface area contributed by atoms with Gasteiger partial charge in [-0.2, -0.15) is 9.97 Å². The number of esters is 1. The van der Waals surface area contributed by atoms with Crippen LogP contribution in [-0.2, 0) is 4.79 Å². The minimum absolute atomic E-state index is 0.0774. The maximum Gasteiger partial charge on any atom is 0.325 e. The minimum Gasteiger partial charge on any atom is -0.490 e. The first-order valence-electron chi connectivity index (χ1n) is 10.4. The van der Waals surface area contributed by atoms with Crippen molar-refractivity contribution in [2.24, 2.45) is 5.92 Å². The molecular weight excluding hydrogens is 352 g/mol. The van der Waals surface area contributed by atoms with Gasteiger partial charge in [-0.25, -0.2) is 0 Å². The molecule has 1 heterocycles. The Kier molecular flexibility index (Phi) is 9.46. The van der Waals surface area contributed by atoms with Crippen LogP contribution in [0.15, 0.2) is 36.5 Å². The summed E-state index contributed by atoms with van der Waals surface area (Å²) in [7, 11) is 0. The molecule has 152 valence electrons. The van der Waals surface area contributed by atoms with Gasteiger partial charge in [0.05, 0.1) is 12.8 Å². The number of carbonyl (C=O) groups is 1. The molecule has 0 amide bonds. The molecule has 1 aromatic heterocycles. The summed E-state index contributed by atoms with van der Waals surface area (Å²) in [5.74, 6) is 1.02. The van der Waals surface area contributed by atoms with E-state index in [1.807, 2.05) is 30.3 Å². The van der Waals surface area contributed by atoms with Gasteiger partial charge in [-0.15, -0.1) is 0 Å². The molecule has 1 unspecified atom stereocenters. The standard InChI is InChI=1S/C23H32N2O3/c1-4-6-16-27-20-17-24-23(25-22(20)19-13-8-7-9-14-19)28-21(26)15-11-10-12-18(3)5-2/h7-9,13-14,17-18H,4-6,10-12,15-16H2,1-3H3. The second-order valence-electron chi connectivity index (χ2n) is 7.17. The van der Waals surface area contributed by atoms with Crippen LogP contribution in [0.2, 0.25) is 0 Å². The molecule has 5 heteroatoms. The number of aromatic nitrogens is 2. The van der Waals surface area contributed by atoms with Crippen LogP contribution in [0.5, 0.6) is 11.8 Å². The van der Waals surface area contributed by atoms with Crippen molar-refractivity contribution in [3.05, 3.63) is 36.5 Å². The monoisotopic (exact) mass is 384 g/mol. The molecule has 0 bridgehead atoms. The van der Waals surface area contributed by atoms with E-state index in [0.717, 1.165) is 37.7 Å². The van der Waals surface area contributed by atoms with Gasteiger partial charge in [0.2, 0.25) is 0 Å². The van der Waals surface area contributed by atoms with Gasteiger partial charge >= 0.3 is 12.0 Å². The van der Waals surface area contributed by atoms with Crippen LogP contribution >= 0.6 is 0 Å². The Morgan fingerprint density at radius 1 is 1.11 bits per heavy atom. The predicted octanol–water partition coefficient (Wildman–Crippen LogP) is 5.83. The first-order valence-corrected chi connectivity index (χ1v) is 10.4. The molecular formula is C23H32N2O3. The number of hydrogen-bond donors (Lipinski definition) is 0. The van der Waals surface area contributed by atoms with Gasteiger partial charge in [-0.1, -0.05) is 76.8 Å². The highest BCUT2D eigenvalue weighted by Crippen LogP contribution is 2.29. The van der Waals surface area contributed by atoms with E-state index in [0.29, 0.717) is 30.4 Å². The molecule has 0 aliphatic rings. The molecule has 0 aliphatic heterocycles. The topological polar surface area (TPSA) is 61.3 Å². The fourth-order valence-corrected chi connectivity index (χ4v) is 2.76. The Morgan fingerprint density at radius 3 is 2.61 bits per heavy atom. The molecule has 1 aromatic carbocycles. The smallest absolute Gasteiger partial charge is 0.325 e. The third-order valence-electron chi connectivity index (χ3n) is 4.77. The van der Waals surface area contributed by atoms with Crippen LogP contribution in [0, 0.1) is 5.92 Å². The number of carbonyl (C=O) groups excluding carboxylic acids is 1. The summed E-state index contributed by atoms with van der Waals surface area (Å²) < 4.78 is 11.2. The van der Waals surface area contributed by atoms with Gasteiger partial charge in [-0.3, -0.25) is 4.79 Å². The second kappa shape index (κ2) is 12.1. The Morgan fingerprint density at radius 2 is 1.89 bits per heavy atom. The first-order chi connectivity index (χ1) is 13.6. The molecule has 1 atom stereocenters. The maximum absolute atomic E-state index is 12.1. The van der Waals surface area contributed by atoms with Crippen molar-refractivity contribution in [3.8, 4) is 23.0 Å². The Hall–Kier alpha value is -2.43. The lowest BCUT2D eigenvalue weighted by Gasteiger charge is -2.12. The third-order valence-corrected chi connectivity index (χ3v) is 4.77. The molecule has 0 spiro atoms. The number of hydrogen-bond acceptors (Lipinski definition) is 5. The lowest BCUT2D eigenvalue weighted by molar-refractivity contribution is -0.135. The van der Waals surface area contributed by atoms with Crippen LogP contribution < -0.4 is 9.47 Å². The summed E-state index contributed by atoms with van der Waals surface area (Å²) in [6, 6.07) is 9.81. The van der Waals surface area contributed by atoms with Gasteiger partial charge < -0.3 is 9.47 Å². The van der Waals surface area contributed by atoms with Crippen molar-refractivity contribution in [3.63, 3.8) is 0 Å². The summed E-state index contributed by atoms with van der Waals surface area (Å²) >= 11 is 0. The van der Waals surface area contributed by atoms with Crippen LogP contribution in [0.1, 0.15) is 65.7 Å².